The van der Waals surface area contributed by atoms with E-state index in [1.54, 1.807) is 19.2 Å². The van der Waals surface area contributed by atoms with E-state index in [0.29, 0.717) is 21.7 Å². The molecule has 3 aromatic rings. The highest BCUT2D eigenvalue weighted by atomic mass is 79.9. The van der Waals surface area contributed by atoms with Crippen molar-refractivity contribution in [2.75, 3.05) is 18.2 Å². The van der Waals surface area contributed by atoms with Gasteiger partial charge in [0.1, 0.15) is 5.75 Å². The zero-order valence-corrected chi connectivity index (χ0v) is 17.7. The number of ether oxygens (including phenoxy) is 1. The van der Waals surface area contributed by atoms with Gasteiger partial charge in [0.25, 0.3) is 0 Å². The van der Waals surface area contributed by atoms with Crippen LogP contribution in [0.25, 0.3) is 11.4 Å². The Kier molecular flexibility index (Phi) is 6.41. The summed E-state index contributed by atoms with van der Waals surface area (Å²) in [6.07, 6.45) is 0. The molecule has 27 heavy (non-hydrogen) atoms. The molecule has 0 aliphatic heterocycles. The fourth-order valence-corrected chi connectivity index (χ4v) is 3.79. The first-order chi connectivity index (χ1) is 13.0. The number of nitrogens with one attached hydrogen (secondary N) is 1. The molecule has 1 aromatic heterocycles. The average Bonchev–Trinajstić information content (AvgIpc) is 3.03. The van der Waals surface area contributed by atoms with Gasteiger partial charge >= 0.3 is 0 Å². The summed E-state index contributed by atoms with van der Waals surface area (Å²) in [6.45, 7) is 0. The molecule has 1 heterocycles. The third-order valence-corrected chi connectivity index (χ3v) is 5.53. The van der Waals surface area contributed by atoms with E-state index < -0.39 is 0 Å². The third kappa shape index (κ3) is 4.82. The van der Waals surface area contributed by atoms with Crippen molar-refractivity contribution in [2.24, 2.45) is 7.05 Å². The largest absolute Gasteiger partial charge is 0.497 e. The van der Waals surface area contributed by atoms with Gasteiger partial charge in [-0.2, -0.15) is 0 Å². The highest BCUT2D eigenvalue weighted by Gasteiger charge is 2.14. The first-order valence-corrected chi connectivity index (χ1v) is 10.0. The quantitative estimate of drug-likeness (QED) is 0.535. The molecule has 2 aromatic carbocycles. The predicted molar refractivity (Wildman–Crippen MR) is 111 cm³/mol. The first kappa shape index (κ1) is 19.7. The van der Waals surface area contributed by atoms with Crippen LogP contribution in [0, 0.1) is 0 Å². The lowest BCUT2D eigenvalue weighted by Gasteiger charge is -2.08. The van der Waals surface area contributed by atoms with Gasteiger partial charge in [0, 0.05) is 17.1 Å². The number of hydrogen-bond donors (Lipinski definition) is 1. The molecule has 0 saturated heterocycles. The van der Waals surface area contributed by atoms with Gasteiger partial charge in [-0.25, -0.2) is 0 Å². The molecule has 3 rings (SSSR count). The van der Waals surface area contributed by atoms with E-state index >= 15 is 0 Å². The molecule has 0 spiro atoms. The number of aromatic nitrogens is 3. The lowest BCUT2D eigenvalue weighted by molar-refractivity contribution is -0.113. The van der Waals surface area contributed by atoms with Gasteiger partial charge in [-0.1, -0.05) is 51.4 Å². The van der Waals surface area contributed by atoms with E-state index in [-0.39, 0.29) is 11.7 Å². The highest BCUT2D eigenvalue weighted by molar-refractivity contribution is 9.10. The fourth-order valence-electron chi connectivity index (χ4n) is 2.36. The molecule has 9 heteroatoms. The van der Waals surface area contributed by atoms with E-state index in [1.807, 2.05) is 41.9 Å². The normalized spacial score (nSPS) is 10.7. The molecule has 0 aliphatic carbocycles. The topological polar surface area (TPSA) is 69.0 Å². The average molecular weight is 468 g/mol. The van der Waals surface area contributed by atoms with Crippen LogP contribution in [-0.2, 0) is 11.8 Å². The molecule has 6 nitrogen and oxygen atoms in total. The van der Waals surface area contributed by atoms with Crippen molar-refractivity contribution in [3.05, 3.63) is 52.0 Å². The van der Waals surface area contributed by atoms with Gasteiger partial charge in [0.2, 0.25) is 5.91 Å². The summed E-state index contributed by atoms with van der Waals surface area (Å²) in [5.41, 5.74) is 1.46. The predicted octanol–water partition coefficient (Wildman–Crippen LogP) is 4.64. The Balaban J connectivity index is 1.66. The molecule has 0 aliphatic rings. The summed E-state index contributed by atoms with van der Waals surface area (Å²) in [4.78, 5) is 12.2. The second kappa shape index (κ2) is 8.77. The monoisotopic (exact) mass is 466 g/mol. The van der Waals surface area contributed by atoms with Crippen LogP contribution in [0.5, 0.6) is 5.75 Å². The fraction of sp³-hybridized carbons (Fsp3) is 0.167. The van der Waals surface area contributed by atoms with E-state index in [4.69, 9.17) is 16.3 Å². The Bertz CT molecular complexity index is 980. The maximum absolute atomic E-state index is 12.2. The molecule has 0 bridgehead atoms. The summed E-state index contributed by atoms with van der Waals surface area (Å²) in [6, 6.07) is 12.9. The SMILES string of the molecule is COc1cccc(-c2nnc(SCC(=O)Nc3ccc(Br)cc3Cl)n2C)c1. The smallest absolute Gasteiger partial charge is 0.234 e. The van der Waals surface area contributed by atoms with Gasteiger partial charge < -0.3 is 14.6 Å². The molecular formula is C18H16BrClN4O2S. The summed E-state index contributed by atoms with van der Waals surface area (Å²) >= 11 is 10.8. The number of rotatable bonds is 6. The number of halogens is 2. The van der Waals surface area contributed by atoms with Crippen molar-refractivity contribution in [3.63, 3.8) is 0 Å². The van der Waals surface area contributed by atoms with Crippen LogP contribution in [0.4, 0.5) is 5.69 Å². The molecular weight excluding hydrogens is 452 g/mol. The third-order valence-electron chi connectivity index (χ3n) is 3.70. The van der Waals surface area contributed by atoms with E-state index in [1.165, 1.54) is 11.8 Å². The van der Waals surface area contributed by atoms with Gasteiger partial charge in [-0.05, 0) is 30.3 Å². The highest BCUT2D eigenvalue weighted by Crippen LogP contribution is 2.27. The minimum atomic E-state index is -0.171. The van der Waals surface area contributed by atoms with Crippen LogP contribution >= 0.6 is 39.3 Å². The van der Waals surface area contributed by atoms with E-state index in [0.717, 1.165) is 15.8 Å². The Hall–Kier alpha value is -2.03. The number of anilines is 1. The van der Waals surface area contributed by atoms with E-state index in [2.05, 4.69) is 31.4 Å². The second-order valence-corrected chi connectivity index (χ2v) is 7.82. The first-order valence-electron chi connectivity index (χ1n) is 7.89. The minimum Gasteiger partial charge on any atom is -0.497 e. The number of amides is 1. The van der Waals surface area contributed by atoms with Gasteiger partial charge in [0.15, 0.2) is 11.0 Å². The Morgan fingerprint density at radius 1 is 1.30 bits per heavy atom. The van der Waals surface area contributed by atoms with Crippen LogP contribution in [0.3, 0.4) is 0 Å². The number of thioether (sulfide) groups is 1. The Labute approximate surface area is 174 Å². The Morgan fingerprint density at radius 3 is 2.85 bits per heavy atom. The zero-order chi connectivity index (χ0) is 19.4. The van der Waals surface area contributed by atoms with Crippen molar-refractivity contribution < 1.29 is 9.53 Å². The maximum atomic E-state index is 12.2. The van der Waals surface area contributed by atoms with Gasteiger partial charge in [0.05, 0.1) is 23.6 Å². The second-order valence-electron chi connectivity index (χ2n) is 5.56. The molecule has 0 fully saturated rings. The van der Waals surface area contributed by atoms with Crippen LogP contribution in [-0.4, -0.2) is 33.5 Å². The number of carbonyl (C=O) groups excluding carboxylic acids is 1. The number of benzene rings is 2. The molecule has 1 N–H and O–H groups in total. The van der Waals surface area contributed by atoms with Crippen molar-refractivity contribution in [1.29, 1.82) is 0 Å². The summed E-state index contributed by atoms with van der Waals surface area (Å²) in [7, 11) is 3.48. The van der Waals surface area contributed by atoms with Crippen molar-refractivity contribution in [2.45, 2.75) is 5.16 Å². The Morgan fingerprint density at radius 2 is 2.11 bits per heavy atom. The summed E-state index contributed by atoms with van der Waals surface area (Å²) < 4.78 is 7.94. The molecule has 0 saturated carbocycles. The minimum absolute atomic E-state index is 0.171. The van der Waals surface area contributed by atoms with Crippen LogP contribution in [0.1, 0.15) is 0 Å². The molecule has 1 amide bonds. The summed E-state index contributed by atoms with van der Waals surface area (Å²) in [5, 5.41) is 12.3. The lowest BCUT2D eigenvalue weighted by atomic mass is 10.2. The molecule has 0 unspecified atom stereocenters. The lowest BCUT2D eigenvalue weighted by Crippen LogP contribution is -2.14. The molecule has 0 radical (unpaired) electrons. The van der Waals surface area contributed by atoms with Crippen LogP contribution in [0.15, 0.2) is 52.1 Å². The van der Waals surface area contributed by atoms with Gasteiger partial charge in [-0.3, -0.25) is 4.79 Å². The number of methoxy groups -OCH3 is 1. The van der Waals surface area contributed by atoms with Crippen LogP contribution < -0.4 is 10.1 Å². The van der Waals surface area contributed by atoms with E-state index in [9.17, 15) is 4.79 Å². The van der Waals surface area contributed by atoms with Crippen molar-refractivity contribution >= 4 is 50.9 Å². The van der Waals surface area contributed by atoms with Gasteiger partial charge in [-0.15, -0.1) is 10.2 Å². The number of nitrogens with zero attached hydrogens (tertiary/aromatic N) is 3. The van der Waals surface area contributed by atoms with Crippen molar-refractivity contribution in [3.8, 4) is 17.1 Å². The summed E-state index contributed by atoms with van der Waals surface area (Å²) in [5.74, 6) is 1.47. The zero-order valence-electron chi connectivity index (χ0n) is 14.6. The van der Waals surface area contributed by atoms with Crippen LogP contribution in [0.2, 0.25) is 5.02 Å². The van der Waals surface area contributed by atoms with Crippen molar-refractivity contribution in [1.82, 2.24) is 14.8 Å². The maximum Gasteiger partial charge on any atom is 0.234 e. The number of hydrogen-bond acceptors (Lipinski definition) is 5. The molecule has 0 atom stereocenters. The molecule has 140 valence electrons. The standard InChI is InChI=1S/C18H16BrClN4O2S/c1-24-17(11-4-3-5-13(8-11)26-2)22-23-18(24)27-10-16(25)21-15-7-6-12(19)9-14(15)20/h3-9H,10H2,1-2H3,(H,21,25). The number of carbonyl (C=O) groups is 1.